The second-order valence-corrected chi connectivity index (χ2v) is 10.9. The highest BCUT2D eigenvalue weighted by Crippen LogP contribution is 2.28. The van der Waals surface area contributed by atoms with Crippen LogP contribution in [0.15, 0.2) is 89.8 Å². The van der Waals surface area contributed by atoms with Crippen LogP contribution in [0.5, 0.6) is 0 Å². The summed E-state index contributed by atoms with van der Waals surface area (Å²) in [6, 6.07) is 22.4. The second-order valence-electron chi connectivity index (χ2n) is 8.41. The van der Waals surface area contributed by atoms with Crippen molar-refractivity contribution in [2.75, 3.05) is 10.0 Å². The molecule has 0 aliphatic rings. The van der Waals surface area contributed by atoms with Gasteiger partial charge in [-0.25, -0.2) is 8.42 Å². The van der Waals surface area contributed by atoms with Gasteiger partial charge in [0.05, 0.1) is 16.4 Å². The first kappa shape index (κ1) is 26.4. The van der Waals surface area contributed by atoms with Crippen molar-refractivity contribution in [2.24, 2.45) is 0 Å². The molecule has 0 aliphatic carbocycles. The molecule has 0 spiro atoms. The van der Waals surface area contributed by atoms with Gasteiger partial charge in [0.15, 0.2) is 5.78 Å². The van der Waals surface area contributed by atoms with Crippen molar-refractivity contribution in [3.63, 3.8) is 0 Å². The lowest BCUT2D eigenvalue weighted by Crippen LogP contribution is -2.18. The lowest BCUT2D eigenvalue weighted by molar-refractivity contribution is 0.102. The first-order chi connectivity index (χ1) is 17.5. The quantitative estimate of drug-likeness (QED) is 0.244. The Balaban J connectivity index is 1.64. The Morgan fingerprint density at radius 1 is 0.757 bits per heavy atom. The normalized spacial score (nSPS) is 11.1. The van der Waals surface area contributed by atoms with E-state index in [1.807, 2.05) is 13.0 Å². The molecular formula is C28H22Cl2N2O4S. The highest BCUT2D eigenvalue weighted by atomic mass is 35.5. The molecule has 1 amide bonds. The molecule has 0 bridgehead atoms. The van der Waals surface area contributed by atoms with E-state index in [4.69, 9.17) is 23.2 Å². The number of rotatable bonds is 7. The Bertz CT molecular complexity index is 1620. The van der Waals surface area contributed by atoms with Crippen LogP contribution < -0.4 is 10.0 Å². The molecule has 37 heavy (non-hydrogen) atoms. The van der Waals surface area contributed by atoms with Crippen LogP contribution in [0.1, 0.15) is 37.4 Å². The number of hydrogen-bond donors (Lipinski definition) is 2. The largest absolute Gasteiger partial charge is 0.321 e. The number of ketones is 1. The zero-order valence-electron chi connectivity index (χ0n) is 19.9. The van der Waals surface area contributed by atoms with Crippen LogP contribution in [0.3, 0.4) is 0 Å². The van der Waals surface area contributed by atoms with Crippen LogP contribution in [0.4, 0.5) is 11.4 Å². The molecule has 4 rings (SSSR count). The molecule has 2 N–H and O–H groups in total. The van der Waals surface area contributed by atoms with Crippen molar-refractivity contribution in [1.82, 2.24) is 0 Å². The van der Waals surface area contributed by atoms with E-state index in [0.29, 0.717) is 16.3 Å². The first-order valence-corrected chi connectivity index (χ1v) is 13.4. The summed E-state index contributed by atoms with van der Waals surface area (Å²) in [5.41, 5.74) is 3.04. The molecule has 0 aromatic heterocycles. The van der Waals surface area contributed by atoms with Crippen LogP contribution in [0.2, 0.25) is 10.0 Å². The average Bonchev–Trinajstić information content (AvgIpc) is 2.87. The first-order valence-electron chi connectivity index (χ1n) is 11.2. The highest BCUT2D eigenvalue weighted by molar-refractivity contribution is 7.92. The summed E-state index contributed by atoms with van der Waals surface area (Å²) in [6.45, 7) is 3.69. The lowest BCUT2D eigenvalue weighted by atomic mass is 10.0. The molecule has 0 heterocycles. The fourth-order valence-corrected chi connectivity index (χ4v) is 5.56. The zero-order valence-corrected chi connectivity index (χ0v) is 22.2. The summed E-state index contributed by atoms with van der Waals surface area (Å²) >= 11 is 12.3. The maximum Gasteiger partial charge on any atom is 0.263 e. The highest BCUT2D eigenvalue weighted by Gasteiger charge is 2.22. The topological polar surface area (TPSA) is 92.3 Å². The van der Waals surface area contributed by atoms with Gasteiger partial charge in [0, 0.05) is 21.7 Å². The van der Waals surface area contributed by atoms with E-state index in [1.54, 1.807) is 55.5 Å². The predicted octanol–water partition coefficient (Wildman–Crippen LogP) is 6.89. The van der Waals surface area contributed by atoms with Crippen molar-refractivity contribution in [3.8, 4) is 0 Å². The molecule has 9 heteroatoms. The van der Waals surface area contributed by atoms with Gasteiger partial charge in [0.1, 0.15) is 4.90 Å². The van der Waals surface area contributed by atoms with Crippen molar-refractivity contribution < 1.29 is 18.0 Å². The van der Waals surface area contributed by atoms with Crippen LogP contribution in [0.25, 0.3) is 0 Å². The fraction of sp³-hybridized carbons (Fsp3) is 0.0714. The smallest absolute Gasteiger partial charge is 0.263 e. The molecule has 0 saturated carbocycles. The fourth-order valence-electron chi connectivity index (χ4n) is 3.73. The minimum Gasteiger partial charge on any atom is -0.321 e. The second kappa shape index (κ2) is 10.8. The number of halogens is 2. The third kappa shape index (κ3) is 6.02. The molecule has 0 fully saturated rings. The van der Waals surface area contributed by atoms with E-state index in [1.165, 1.54) is 30.3 Å². The number of carbonyl (C=O) groups excluding carboxylic acids is 2. The molecule has 0 radical (unpaired) electrons. The van der Waals surface area contributed by atoms with Gasteiger partial charge < -0.3 is 5.32 Å². The van der Waals surface area contributed by atoms with Crippen LogP contribution in [-0.2, 0) is 10.0 Å². The summed E-state index contributed by atoms with van der Waals surface area (Å²) in [4.78, 5) is 26.0. The average molecular weight is 553 g/mol. The number of hydrogen-bond acceptors (Lipinski definition) is 4. The van der Waals surface area contributed by atoms with Gasteiger partial charge in [0.2, 0.25) is 0 Å². The zero-order chi connectivity index (χ0) is 26.7. The summed E-state index contributed by atoms with van der Waals surface area (Å²) in [5.74, 6) is -0.945. The van der Waals surface area contributed by atoms with Crippen LogP contribution >= 0.6 is 23.2 Å². The van der Waals surface area contributed by atoms with Crippen molar-refractivity contribution in [1.29, 1.82) is 0 Å². The van der Waals surface area contributed by atoms with Gasteiger partial charge in [-0.3, -0.25) is 14.3 Å². The third-order valence-electron chi connectivity index (χ3n) is 5.62. The number of aryl methyl sites for hydroxylation is 2. The number of nitrogens with one attached hydrogen (secondary N) is 2. The summed E-state index contributed by atoms with van der Waals surface area (Å²) in [6.07, 6.45) is 0. The maximum absolute atomic E-state index is 13.1. The Hall–Kier alpha value is -3.65. The SMILES string of the molecule is Cc1ccc(NS(=O)(=O)c2cc(C(=O)Nc3ccc(Cl)cc3C(=O)c3ccccc3)ccc2Cl)c(C)c1. The van der Waals surface area contributed by atoms with E-state index < -0.39 is 15.9 Å². The number of carbonyl (C=O) groups is 2. The minimum atomic E-state index is -4.10. The predicted molar refractivity (Wildman–Crippen MR) is 147 cm³/mol. The lowest BCUT2D eigenvalue weighted by Gasteiger charge is -2.14. The molecule has 0 aliphatic heterocycles. The third-order valence-corrected chi connectivity index (χ3v) is 7.70. The van der Waals surface area contributed by atoms with Crippen LogP contribution in [-0.4, -0.2) is 20.1 Å². The molecule has 0 unspecified atom stereocenters. The molecule has 4 aromatic carbocycles. The summed E-state index contributed by atoms with van der Waals surface area (Å²) in [7, 11) is -4.10. The van der Waals surface area contributed by atoms with Crippen molar-refractivity contribution >= 4 is 56.3 Å². The van der Waals surface area contributed by atoms with Gasteiger partial charge in [-0.2, -0.15) is 0 Å². The van der Waals surface area contributed by atoms with Crippen molar-refractivity contribution in [3.05, 3.63) is 123 Å². The molecule has 0 saturated heterocycles. The van der Waals surface area contributed by atoms with Gasteiger partial charge in [0.25, 0.3) is 15.9 Å². The molecular weight excluding hydrogens is 531 g/mol. The summed E-state index contributed by atoms with van der Waals surface area (Å²) in [5, 5.41) is 2.98. The number of sulfonamides is 1. The Morgan fingerprint density at radius 2 is 1.46 bits per heavy atom. The molecule has 188 valence electrons. The number of anilines is 2. The van der Waals surface area contributed by atoms with E-state index in [0.717, 1.165) is 11.1 Å². The molecule has 6 nitrogen and oxygen atoms in total. The summed E-state index contributed by atoms with van der Waals surface area (Å²) < 4.78 is 28.8. The Morgan fingerprint density at radius 3 is 2.16 bits per heavy atom. The van der Waals surface area contributed by atoms with Gasteiger partial charge in [-0.05, 0) is 61.9 Å². The Kier molecular flexibility index (Phi) is 7.68. The van der Waals surface area contributed by atoms with Gasteiger partial charge in [-0.15, -0.1) is 0 Å². The van der Waals surface area contributed by atoms with Gasteiger partial charge in [-0.1, -0.05) is 71.2 Å². The Labute approximate surface area is 225 Å². The minimum absolute atomic E-state index is 0.0402. The van der Waals surface area contributed by atoms with E-state index in [-0.39, 0.29) is 32.5 Å². The van der Waals surface area contributed by atoms with Crippen LogP contribution in [0, 0.1) is 13.8 Å². The van der Waals surface area contributed by atoms with E-state index in [9.17, 15) is 18.0 Å². The van der Waals surface area contributed by atoms with Gasteiger partial charge >= 0.3 is 0 Å². The molecule has 4 aromatic rings. The number of amides is 1. The van der Waals surface area contributed by atoms with Crippen molar-refractivity contribution in [2.45, 2.75) is 18.7 Å². The number of benzene rings is 4. The van der Waals surface area contributed by atoms with E-state index >= 15 is 0 Å². The maximum atomic E-state index is 13.1. The van der Waals surface area contributed by atoms with E-state index in [2.05, 4.69) is 10.0 Å². The monoisotopic (exact) mass is 552 g/mol. The molecule has 0 atom stereocenters. The standard InChI is InChI=1S/C28H22Cl2N2O4S/c1-17-8-12-24(18(2)14-17)32-37(35,36)26-15-20(9-11-23(26)30)28(34)31-25-13-10-21(29)16-22(25)27(33)19-6-4-3-5-7-19/h3-16,32H,1-2H3,(H,31,34).